The number of aliphatic hydroxyl groups is 1. The molecule has 5 aromatic rings. The van der Waals surface area contributed by atoms with Crippen LogP contribution in [0.4, 0.5) is 21.9 Å². The van der Waals surface area contributed by atoms with Crippen LogP contribution >= 0.6 is 0 Å². The number of primary amides is 1. The standard InChI is InChI=1S/C74H92N10O16/c1-40(2)60(79-54(87)21-12-11-13-29-84-55(88)26-27-56(84)89)72(95)78-51(20-15-28-76-73(75)96)71(94)77-49-24-22-48(23-25-49)39-82-30-32-83(33-31-82)50-37-52(86)61-53(38-50)99-68-62(80-61)57-58-64(90)46(8)67-59(57)69(92)74(10,100-67)97-34-16-19-43(5)66(98-47(9)85)45(7)36-42(4)35-41(3)17-14-18-44(6)70(93)81-63(68)65(58)91/h14,16-18,22-27,34,37-38,40-43,45,51,60,66,90,92H,11-13,15,19-21,28-33,35-36,39H2,1-10H3,(H,77,94)(H,78,95)(H,79,87)(H,81,93)(H3,75,76,96)/b17-14+,34-16+,44-18-/t41-,42+,43+,45+,51-,60?,66+,74-/m0/s1. The van der Waals surface area contributed by atoms with Crippen molar-refractivity contribution >= 4 is 103 Å². The van der Waals surface area contributed by atoms with Crippen molar-refractivity contribution in [2.75, 3.05) is 54.8 Å². The number of rotatable bonds is 20. The number of urea groups is 1. The highest BCUT2D eigenvalue weighted by Crippen LogP contribution is 2.42. The van der Waals surface area contributed by atoms with Gasteiger partial charge in [0, 0.05) is 118 Å². The van der Waals surface area contributed by atoms with Crippen LogP contribution in [0.3, 0.4) is 0 Å². The highest BCUT2D eigenvalue weighted by molar-refractivity contribution is 6.17. The molecular formula is C74H92N10O16. The third-order valence-corrected chi connectivity index (χ3v) is 18.9. The number of unbranched alkanes of at least 4 members (excludes halogenated alkanes) is 2. The molecule has 0 spiro atoms. The Morgan fingerprint density at radius 2 is 1.57 bits per heavy atom. The minimum absolute atomic E-state index is 0.00819. The zero-order valence-electron chi connectivity index (χ0n) is 58.4. The average molecular weight is 1380 g/mol. The van der Waals surface area contributed by atoms with Gasteiger partial charge in [-0.1, -0.05) is 78.3 Å². The second-order valence-corrected chi connectivity index (χ2v) is 27.4. The van der Waals surface area contributed by atoms with Gasteiger partial charge in [-0.05, 0) is 112 Å². The largest absolute Gasteiger partial charge is 0.507 e. The Bertz CT molecular complexity index is 4290. The molecule has 9 N–H and O–H groups in total. The Balaban J connectivity index is 0.919. The van der Waals surface area contributed by atoms with Gasteiger partial charge in [0.1, 0.15) is 40.9 Å². The fourth-order valence-corrected chi connectivity index (χ4v) is 13.5. The molecule has 0 radical (unpaired) electrons. The first-order valence-corrected chi connectivity index (χ1v) is 34.3. The van der Waals surface area contributed by atoms with Crippen LogP contribution in [0.15, 0.2) is 98.7 Å². The number of fused-ring (bicyclic) bond motifs is 2. The van der Waals surface area contributed by atoms with Gasteiger partial charge in [-0.25, -0.2) is 9.78 Å². The van der Waals surface area contributed by atoms with Crippen molar-refractivity contribution < 1.29 is 67.2 Å². The number of allylic oxidation sites excluding steroid dienone is 4. The number of aliphatic hydroxyl groups excluding tert-OH is 1. The molecule has 4 aromatic carbocycles. The number of esters is 1. The van der Waals surface area contributed by atoms with E-state index in [1.807, 2.05) is 30.0 Å². The first-order valence-electron chi connectivity index (χ1n) is 34.3. The number of phenols is 1. The normalized spacial score (nSPS) is 22.6. The number of carbonyl (C=O) groups is 8. The number of carbonyl (C=O) groups excluding carboxylic acids is 8. The number of hydrogen-bond acceptors (Lipinski definition) is 19. The third kappa shape index (κ3) is 17.5. The molecule has 100 heavy (non-hydrogen) atoms. The molecule has 9 rings (SSSR count). The number of nitrogens with one attached hydrogen (secondary N) is 5. The Morgan fingerprint density at radius 3 is 2.25 bits per heavy atom. The molecule has 534 valence electrons. The summed E-state index contributed by atoms with van der Waals surface area (Å²) in [7, 11) is 0. The summed E-state index contributed by atoms with van der Waals surface area (Å²) in [6, 6.07) is 7.55. The summed E-state index contributed by atoms with van der Waals surface area (Å²) in [6.45, 7) is 20.8. The van der Waals surface area contributed by atoms with Crippen LogP contribution < -0.4 is 58.0 Å². The quantitative estimate of drug-likeness (QED) is 0.0121. The van der Waals surface area contributed by atoms with Crippen molar-refractivity contribution in [3.05, 3.63) is 121 Å². The van der Waals surface area contributed by atoms with Crippen LogP contribution in [0, 0.1) is 36.5 Å². The minimum atomic E-state index is -1.91. The number of piperazine rings is 1. The molecule has 5 heterocycles. The predicted octanol–water partition coefficient (Wildman–Crippen LogP) is 7.81. The molecule has 1 aromatic heterocycles. The summed E-state index contributed by atoms with van der Waals surface area (Å²) >= 11 is 0. The molecule has 4 aliphatic heterocycles. The maximum absolute atomic E-state index is 15.1. The number of phenolic OH excluding ortho intramolecular Hbond substituents is 1. The summed E-state index contributed by atoms with van der Waals surface area (Å²) in [5, 5.41) is 37.6. The van der Waals surface area contributed by atoms with E-state index in [0.717, 1.165) is 23.3 Å². The SMILES string of the molecule is CC(=O)O[C@@H]1[C@H](C)C/C=C/O[C@@]2(C)Oc3c(C)c(O)c4c(=O)c(c5oc6cc(N7CCN(Cc8ccc(NC(=O)[C@H](CCCNC(N)=O)NC(=O)C(NC(=O)CCCCCN9C(=O)C=CC9=O)C(C)C)cc8)CC7)cc(=O)c6nc5c4c3=C2O)NC(=O)/C(C)=C\C=C\[C@H](C)C[C@@H](C)C[C@H]1C. The van der Waals surface area contributed by atoms with Crippen molar-refractivity contribution in [3.8, 4) is 11.5 Å². The molecule has 1 fully saturated rings. The number of anilines is 3. The average Bonchev–Trinajstić information content (AvgIpc) is 1.39. The van der Waals surface area contributed by atoms with E-state index in [4.69, 9.17) is 29.3 Å². The number of benzene rings is 4. The first kappa shape index (κ1) is 74.1. The third-order valence-electron chi connectivity index (χ3n) is 18.9. The van der Waals surface area contributed by atoms with E-state index in [-0.39, 0.29) is 140 Å². The number of aromatic hydroxyl groups is 1. The number of imide groups is 1. The Kier molecular flexibility index (Phi) is 23.9. The second-order valence-electron chi connectivity index (χ2n) is 27.4. The van der Waals surface area contributed by atoms with E-state index in [2.05, 4.69) is 52.3 Å². The van der Waals surface area contributed by atoms with E-state index in [9.17, 15) is 53.4 Å². The lowest BCUT2D eigenvalue weighted by atomic mass is 9.82. The monoisotopic (exact) mass is 1380 g/mol. The maximum Gasteiger partial charge on any atom is 0.312 e. The van der Waals surface area contributed by atoms with Crippen LogP contribution in [0.1, 0.15) is 131 Å². The van der Waals surface area contributed by atoms with Crippen LogP contribution in [-0.4, -0.2) is 136 Å². The lowest BCUT2D eigenvalue weighted by Crippen LogP contribution is -2.54. The van der Waals surface area contributed by atoms with E-state index in [1.54, 1.807) is 57.2 Å². The Labute approximate surface area is 579 Å². The molecule has 4 bridgehead atoms. The summed E-state index contributed by atoms with van der Waals surface area (Å²) < 4.78 is 25.0. The second kappa shape index (κ2) is 32.3. The Morgan fingerprint density at radius 1 is 0.860 bits per heavy atom. The molecule has 0 saturated carbocycles. The van der Waals surface area contributed by atoms with Crippen molar-refractivity contribution in [3.63, 3.8) is 0 Å². The number of hydrogen-bond donors (Lipinski definition) is 8. The number of aromatic nitrogens is 1. The van der Waals surface area contributed by atoms with E-state index in [0.29, 0.717) is 69.8 Å². The van der Waals surface area contributed by atoms with E-state index in [1.165, 1.54) is 45.3 Å². The highest BCUT2D eigenvalue weighted by atomic mass is 16.7. The molecule has 4 aliphatic rings. The van der Waals surface area contributed by atoms with Crippen molar-refractivity contribution in [1.82, 2.24) is 30.7 Å². The first-order chi connectivity index (χ1) is 47.5. The minimum Gasteiger partial charge on any atom is -0.507 e. The zero-order chi connectivity index (χ0) is 72.4. The van der Waals surface area contributed by atoms with Gasteiger partial charge in [0.15, 0.2) is 22.4 Å². The summed E-state index contributed by atoms with van der Waals surface area (Å²) in [5.74, 6) is -6.34. The number of nitrogens with two attached hydrogens (primary N) is 1. The van der Waals surface area contributed by atoms with Gasteiger partial charge in [-0.3, -0.25) is 53.0 Å². The Hall–Kier alpha value is -10.1. The zero-order valence-corrected chi connectivity index (χ0v) is 58.4. The van der Waals surface area contributed by atoms with Crippen LogP contribution in [0.2, 0.25) is 0 Å². The number of nitrogens with zero attached hydrogens (tertiary/aromatic N) is 4. The lowest BCUT2D eigenvalue weighted by Gasteiger charge is -2.36. The van der Waals surface area contributed by atoms with Gasteiger partial charge in [-0.15, -0.1) is 0 Å². The van der Waals surface area contributed by atoms with Gasteiger partial charge < -0.3 is 66.1 Å². The van der Waals surface area contributed by atoms with Gasteiger partial charge in [0.05, 0.1) is 16.9 Å². The lowest BCUT2D eigenvalue weighted by molar-refractivity contribution is -0.152. The van der Waals surface area contributed by atoms with Gasteiger partial charge >= 0.3 is 17.8 Å². The molecule has 1 unspecified atom stereocenters. The molecule has 1 saturated heterocycles. The van der Waals surface area contributed by atoms with Crippen molar-refractivity contribution in [2.45, 2.75) is 158 Å². The topological polar surface area (TPSA) is 361 Å². The fraction of sp³-hybridized carbons (Fsp3) is 0.473. The van der Waals surface area contributed by atoms with Crippen molar-refractivity contribution in [1.29, 1.82) is 0 Å². The molecule has 8 atom stereocenters. The summed E-state index contributed by atoms with van der Waals surface area (Å²) in [6.07, 6.45) is 14.6. The van der Waals surface area contributed by atoms with Gasteiger partial charge in [0.2, 0.25) is 28.6 Å². The number of ether oxygens (including phenoxy) is 3. The molecule has 0 aliphatic carbocycles. The predicted molar refractivity (Wildman–Crippen MR) is 378 cm³/mol. The van der Waals surface area contributed by atoms with Gasteiger partial charge in [0.25, 0.3) is 17.7 Å². The maximum atomic E-state index is 15.1. The number of amides is 8. The molecular weight excluding hydrogens is 1280 g/mol. The van der Waals surface area contributed by atoms with Crippen molar-refractivity contribution in [2.24, 2.45) is 35.3 Å². The van der Waals surface area contributed by atoms with E-state index >= 15 is 4.79 Å². The van der Waals surface area contributed by atoms with Gasteiger partial charge in [-0.2, -0.15) is 0 Å². The molecule has 26 nitrogen and oxygen atoms in total. The summed E-state index contributed by atoms with van der Waals surface area (Å²) in [5.41, 5.74) is 5.18. The highest BCUT2D eigenvalue weighted by Gasteiger charge is 2.44. The van der Waals surface area contributed by atoms with E-state index < -0.39 is 76.1 Å². The smallest absolute Gasteiger partial charge is 0.312 e. The van der Waals surface area contributed by atoms with Crippen LogP contribution in [-0.2, 0) is 49.6 Å². The molecule has 8 amide bonds. The fourth-order valence-electron chi connectivity index (χ4n) is 13.5. The molecule has 26 heteroatoms. The van der Waals surface area contributed by atoms with Crippen LogP contribution in [0.25, 0.3) is 38.7 Å². The summed E-state index contributed by atoms with van der Waals surface area (Å²) in [4.78, 5) is 142. The van der Waals surface area contributed by atoms with Crippen LogP contribution in [0.5, 0.6) is 11.5 Å².